The van der Waals surface area contributed by atoms with Gasteiger partial charge in [-0.25, -0.2) is 4.98 Å². The van der Waals surface area contributed by atoms with Crippen LogP contribution in [0.1, 0.15) is 10.4 Å². The summed E-state index contributed by atoms with van der Waals surface area (Å²) >= 11 is 2.77. The number of nitrogens with one attached hydrogen (secondary N) is 1. The van der Waals surface area contributed by atoms with E-state index in [9.17, 15) is 4.79 Å². The zero-order valence-electron chi connectivity index (χ0n) is 16.9. The van der Waals surface area contributed by atoms with E-state index in [0.717, 1.165) is 17.0 Å². The Kier molecular flexibility index (Phi) is 5.91. The van der Waals surface area contributed by atoms with E-state index in [4.69, 9.17) is 0 Å². The topological polar surface area (TPSA) is 85.6 Å². The highest BCUT2D eigenvalue weighted by Gasteiger charge is 2.13. The number of para-hydroxylation sites is 1. The van der Waals surface area contributed by atoms with Gasteiger partial charge in [-0.3, -0.25) is 4.79 Å². The first-order chi connectivity index (χ1) is 15.8. The SMILES string of the molecule is O=C(CSc1nnnn1-c1ccccc1)Nc1ncc(Cc2cccc3ccccc23)s1. The summed E-state index contributed by atoms with van der Waals surface area (Å²) in [5, 5.41) is 18.2. The first-order valence-corrected chi connectivity index (χ1v) is 11.7. The maximum Gasteiger partial charge on any atom is 0.236 e. The first kappa shape index (κ1) is 20.3. The second kappa shape index (κ2) is 9.29. The van der Waals surface area contributed by atoms with Gasteiger partial charge in [-0.2, -0.15) is 4.68 Å². The molecule has 0 aliphatic rings. The minimum atomic E-state index is -0.149. The van der Waals surface area contributed by atoms with Crippen LogP contribution in [0.2, 0.25) is 0 Å². The van der Waals surface area contributed by atoms with Gasteiger partial charge in [-0.05, 0) is 38.9 Å². The summed E-state index contributed by atoms with van der Waals surface area (Å²) in [6.07, 6.45) is 2.60. The van der Waals surface area contributed by atoms with Crippen molar-refractivity contribution in [2.24, 2.45) is 0 Å². The highest BCUT2D eigenvalue weighted by Crippen LogP contribution is 2.26. The zero-order chi connectivity index (χ0) is 21.8. The quantitative estimate of drug-likeness (QED) is 0.359. The van der Waals surface area contributed by atoms with Crippen molar-refractivity contribution in [1.82, 2.24) is 25.2 Å². The van der Waals surface area contributed by atoms with Crippen LogP contribution >= 0.6 is 23.1 Å². The number of carbonyl (C=O) groups excluding carboxylic acids is 1. The number of hydrogen-bond donors (Lipinski definition) is 1. The number of carbonyl (C=O) groups is 1. The predicted molar refractivity (Wildman–Crippen MR) is 127 cm³/mol. The maximum absolute atomic E-state index is 12.5. The molecule has 0 atom stereocenters. The highest BCUT2D eigenvalue weighted by molar-refractivity contribution is 7.99. The lowest BCUT2D eigenvalue weighted by atomic mass is 10.0. The number of thiazole rings is 1. The van der Waals surface area contributed by atoms with Gasteiger partial charge in [0.05, 0.1) is 11.4 Å². The summed E-state index contributed by atoms with van der Waals surface area (Å²) < 4.78 is 1.61. The number of hydrogen-bond acceptors (Lipinski definition) is 7. The number of anilines is 1. The van der Waals surface area contributed by atoms with Crippen molar-refractivity contribution < 1.29 is 4.79 Å². The number of aromatic nitrogens is 5. The van der Waals surface area contributed by atoms with Crippen LogP contribution in [0.5, 0.6) is 0 Å². The van der Waals surface area contributed by atoms with E-state index in [-0.39, 0.29) is 11.7 Å². The molecule has 2 aromatic heterocycles. The smallest absolute Gasteiger partial charge is 0.236 e. The molecule has 7 nitrogen and oxygen atoms in total. The lowest BCUT2D eigenvalue weighted by Gasteiger charge is -2.05. The van der Waals surface area contributed by atoms with E-state index in [1.807, 2.05) is 42.6 Å². The van der Waals surface area contributed by atoms with Gasteiger partial charge in [0.2, 0.25) is 11.1 Å². The third-order valence-electron chi connectivity index (χ3n) is 4.82. The van der Waals surface area contributed by atoms with Crippen molar-refractivity contribution in [1.29, 1.82) is 0 Å². The normalized spacial score (nSPS) is 11.0. The minimum absolute atomic E-state index is 0.149. The van der Waals surface area contributed by atoms with E-state index < -0.39 is 0 Å². The average molecular weight is 459 g/mol. The standard InChI is InChI=1S/C23H18N6OS2/c30-21(15-31-23-26-27-28-29(23)18-10-2-1-3-11-18)25-22-24-14-19(32-22)13-17-9-6-8-16-7-4-5-12-20(16)17/h1-12,14H,13,15H2,(H,24,25,30). The van der Waals surface area contributed by atoms with Gasteiger partial charge >= 0.3 is 0 Å². The van der Waals surface area contributed by atoms with Gasteiger partial charge in [-0.15, -0.1) is 16.4 Å². The molecule has 0 fully saturated rings. The number of nitrogens with zero attached hydrogens (tertiary/aromatic N) is 5. The molecule has 5 aromatic rings. The van der Waals surface area contributed by atoms with Gasteiger partial charge < -0.3 is 5.32 Å². The monoisotopic (exact) mass is 458 g/mol. The van der Waals surface area contributed by atoms with E-state index >= 15 is 0 Å². The van der Waals surface area contributed by atoms with E-state index in [1.165, 1.54) is 39.4 Å². The highest BCUT2D eigenvalue weighted by atomic mass is 32.2. The molecule has 32 heavy (non-hydrogen) atoms. The van der Waals surface area contributed by atoms with Crippen LogP contribution in [0.15, 0.2) is 84.1 Å². The molecule has 2 heterocycles. The molecule has 0 bridgehead atoms. The lowest BCUT2D eigenvalue weighted by Crippen LogP contribution is -2.14. The van der Waals surface area contributed by atoms with Gasteiger partial charge in [0, 0.05) is 17.5 Å². The third-order valence-corrected chi connectivity index (χ3v) is 6.65. The number of rotatable bonds is 7. The Morgan fingerprint density at radius 2 is 1.81 bits per heavy atom. The average Bonchev–Trinajstić information content (AvgIpc) is 3.48. The fourth-order valence-electron chi connectivity index (χ4n) is 3.37. The Hall–Kier alpha value is -3.56. The number of thioether (sulfide) groups is 1. The molecule has 9 heteroatoms. The minimum Gasteiger partial charge on any atom is -0.301 e. The van der Waals surface area contributed by atoms with Crippen LogP contribution < -0.4 is 5.32 Å². The van der Waals surface area contributed by atoms with Crippen molar-refractivity contribution in [3.8, 4) is 5.69 Å². The molecule has 0 aliphatic carbocycles. The Morgan fingerprint density at radius 3 is 2.72 bits per heavy atom. The molecule has 1 amide bonds. The molecular weight excluding hydrogens is 440 g/mol. The van der Waals surface area contributed by atoms with Gasteiger partial charge in [0.15, 0.2) is 5.13 Å². The van der Waals surface area contributed by atoms with Crippen LogP contribution in [-0.4, -0.2) is 36.9 Å². The number of benzene rings is 3. The summed E-state index contributed by atoms with van der Waals surface area (Å²) in [6, 6.07) is 24.2. The Balaban J connectivity index is 1.21. The summed E-state index contributed by atoms with van der Waals surface area (Å²) in [5.74, 6) is 0.0366. The van der Waals surface area contributed by atoms with Gasteiger partial charge in [-0.1, -0.05) is 72.4 Å². The maximum atomic E-state index is 12.5. The number of fused-ring (bicyclic) bond motifs is 1. The summed E-state index contributed by atoms with van der Waals surface area (Å²) in [7, 11) is 0. The lowest BCUT2D eigenvalue weighted by molar-refractivity contribution is -0.113. The Labute approximate surface area is 192 Å². The molecule has 0 unspecified atom stereocenters. The van der Waals surface area contributed by atoms with Crippen molar-refractivity contribution in [3.63, 3.8) is 0 Å². The fraction of sp³-hybridized carbons (Fsp3) is 0.0870. The molecule has 0 radical (unpaired) electrons. The fourth-order valence-corrected chi connectivity index (χ4v) is 4.91. The van der Waals surface area contributed by atoms with Crippen LogP contribution in [0.3, 0.4) is 0 Å². The van der Waals surface area contributed by atoms with E-state index in [1.54, 1.807) is 4.68 Å². The van der Waals surface area contributed by atoms with Crippen molar-refractivity contribution in [2.75, 3.05) is 11.1 Å². The summed E-state index contributed by atoms with van der Waals surface area (Å²) in [5.41, 5.74) is 2.09. The first-order valence-electron chi connectivity index (χ1n) is 9.94. The molecule has 0 aliphatic heterocycles. The van der Waals surface area contributed by atoms with Crippen molar-refractivity contribution in [3.05, 3.63) is 89.4 Å². The number of tetrazole rings is 1. The molecule has 1 N–H and O–H groups in total. The van der Waals surface area contributed by atoms with E-state index in [0.29, 0.717) is 10.3 Å². The van der Waals surface area contributed by atoms with Crippen LogP contribution in [0, 0.1) is 0 Å². The van der Waals surface area contributed by atoms with Crippen LogP contribution in [-0.2, 0) is 11.2 Å². The predicted octanol–water partition coefficient (Wildman–Crippen LogP) is 4.59. The molecule has 0 spiro atoms. The molecule has 0 saturated carbocycles. The van der Waals surface area contributed by atoms with Crippen molar-refractivity contribution >= 4 is 44.9 Å². The zero-order valence-corrected chi connectivity index (χ0v) is 18.5. The second-order valence-corrected chi connectivity index (χ2v) is 9.05. The summed E-state index contributed by atoms with van der Waals surface area (Å²) in [4.78, 5) is 17.9. The molecule has 0 saturated heterocycles. The molecule has 5 rings (SSSR count). The molecule has 3 aromatic carbocycles. The van der Waals surface area contributed by atoms with Crippen LogP contribution in [0.4, 0.5) is 5.13 Å². The molecule has 158 valence electrons. The Bertz CT molecular complexity index is 1360. The molecular formula is C23H18N6OS2. The van der Waals surface area contributed by atoms with Crippen molar-refractivity contribution in [2.45, 2.75) is 11.6 Å². The van der Waals surface area contributed by atoms with Gasteiger partial charge in [0.1, 0.15) is 0 Å². The Morgan fingerprint density at radius 1 is 1.00 bits per heavy atom. The largest absolute Gasteiger partial charge is 0.301 e. The van der Waals surface area contributed by atoms with Crippen LogP contribution in [0.25, 0.3) is 16.5 Å². The number of amides is 1. The summed E-state index contributed by atoms with van der Waals surface area (Å²) in [6.45, 7) is 0. The van der Waals surface area contributed by atoms with E-state index in [2.05, 4.69) is 62.2 Å². The third kappa shape index (κ3) is 4.53. The second-order valence-electron chi connectivity index (χ2n) is 6.99. The van der Waals surface area contributed by atoms with Gasteiger partial charge in [0.25, 0.3) is 0 Å².